The van der Waals surface area contributed by atoms with E-state index in [1.807, 2.05) is 48.7 Å². The predicted molar refractivity (Wildman–Crippen MR) is 157 cm³/mol. The number of ether oxygens (including phenoxy) is 1. The maximum absolute atomic E-state index is 6.10. The van der Waals surface area contributed by atoms with E-state index >= 15 is 0 Å². The number of nitrogens with one attached hydrogen (secondary N) is 3. The van der Waals surface area contributed by atoms with Gasteiger partial charge in [-0.1, -0.05) is 24.1 Å². The van der Waals surface area contributed by atoms with E-state index in [0.717, 1.165) is 57.8 Å². The van der Waals surface area contributed by atoms with Crippen molar-refractivity contribution < 1.29 is 4.74 Å². The summed E-state index contributed by atoms with van der Waals surface area (Å²) in [5.41, 5.74) is 7.05. The van der Waals surface area contributed by atoms with Crippen LogP contribution in [0, 0.1) is 12.3 Å². The molecule has 0 bridgehead atoms. The Morgan fingerprint density at radius 2 is 1.95 bits per heavy atom. The Kier molecular flexibility index (Phi) is 6.62. The van der Waals surface area contributed by atoms with Gasteiger partial charge in [0.15, 0.2) is 0 Å². The summed E-state index contributed by atoms with van der Waals surface area (Å²) in [6, 6.07) is 24.2. The molecule has 1 aliphatic rings. The molecule has 38 heavy (non-hydrogen) atoms. The van der Waals surface area contributed by atoms with Crippen LogP contribution in [0.25, 0.3) is 21.3 Å². The van der Waals surface area contributed by atoms with Gasteiger partial charge < -0.3 is 20.7 Å². The number of terminal acetylenes is 1. The molecule has 6 rings (SSSR count). The minimum absolute atomic E-state index is 0.591. The zero-order valence-electron chi connectivity index (χ0n) is 20.6. The van der Waals surface area contributed by atoms with E-state index in [1.54, 1.807) is 17.7 Å². The molecule has 5 aromatic rings. The third-order valence-corrected chi connectivity index (χ3v) is 7.20. The smallest absolute Gasteiger partial charge is 0.141 e. The predicted octanol–water partition coefficient (Wildman–Crippen LogP) is 7.62. The summed E-state index contributed by atoms with van der Waals surface area (Å²) in [6.07, 6.45) is 10.9. The van der Waals surface area contributed by atoms with Gasteiger partial charge in [-0.3, -0.25) is 0 Å². The number of anilines is 4. The molecule has 0 amide bonds. The summed E-state index contributed by atoms with van der Waals surface area (Å²) in [5, 5.41) is 13.3. The number of thiophene rings is 1. The van der Waals surface area contributed by atoms with Gasteiger partial charge >= 0.3 is 0 Å². The van der Waals surface area contributed by atoms with E-state index in [9.17, 15) is 0 Å². The lowest BCUT2D eigenvalue weighted by Gasteiger charge is -2.21. The molecule has 1 aliphatic heterocycles. The van der Waals surface area contributed by atoms with Gasteiger partial charge in [-0.15, -0.1) is 17.8 Å². The van der Waals surface area contributed by atoms with E-state index in [2.05, 4.69) is 67.6 Å². The standard InChI is InChI=1S/C31H25N5OS/c1-2-21-6-3-7-23(16-21)36-31-26-18-25(11-13-27(26)33-20-34-31)37-14-4-8-24-19-32-28-12-10-22(17-29(28)35-24)30-9-5-15-38-30/h1,3,5-7,9-13,15-20,32,35H,4,8,14H2,(H,33,34,36). The minimum atomic E-state index is 0.591. The van der Waals surface area contributed by atoms with E-state index in [-0.39, 0.29) is 0 Å². The topological polar surface area (TPSA) is 71.1 Å². The molecular formula is C31H25N5OS. The van der Waals surface area contributed by atoms with E-state index in [4.69, 9.17) is 11.2 Å². The number of nitrogens with zero attached hydrogens (tertiary/aromatic N) is 2. The van der Waals surface area contributed by atoms with Gasteiger partial charge in [0.25, 0.3) is 0 Å². The molecular weight excluding hydrogens is 490 g/mol. The van der Waals surface area contributed by atoms with Crippen LogP contribution in [-0.4, -0.2) is 16.6 Å². The van der Waals surface area contributed by atoms with Gasteiger partial charge in [-0.05, 0) is 78.4 Å². The maximum Gasteiger partial charge on any atom is 0.141 e. The Bertz CT molecular complexity index is 1670. The van der Waals surface area contributed by atoms with E-state index in [0.29, 0.717) is 12.4 Å². The molecule has 0 aliphatic carbocycles. The molecule has 0 saturated heterocycles. The van der Waals surface area contributed by atoms with E-state index < -0.39 is 0 Å². The molecule has 0 spiro atoms. The van der Waals surface area contributed by atoms with Crippen molar-refractivity contribution in [1.82, 2.24) is 9.97 Å². The second-order valence-electron chi connectivity index (χ2n) is 8.88. The van der Waals surface area contributed by atoms with Crippen LogP contribution in [0.1, 0.15) is 18.4 Å². The highest BCUT2D eigenvalue weighted by molar-refractivity contribution is 7.13. The van der Waals surface area contributed by atoms with Gasteiger partial charge in [-0.25, -0.2) is 9.97 Å². The Morgan fingerprint density at radius 3 is 2.84 bits per heavy atom. The van der Waals surface area contributed by atoms with Crippen molar-refractivity contribution in [2.75, 3.05) is 22.6 Å². The fourth-order valence-corrected chi connectivity index (χ4v) is 5.10. The Hall–Kier alpha value is -4.80. The summed E-state index contributed by atoms with van der Waals surface area (Å²) >= 11 is 1.75. The first kappa shape index (κ1) is 23.6. The highest BCUT2D eigenvalue weighted by Gasteiger charge is 2.12. The molecule has 3 heterocycles. The van der Waals surface area contributed by atoms with Crippen molar-refractivity contribution in [3.8, 4) is 28.5 Å². The molecule has 7 heteroatoms. The summed E-state index contributed by atoms with van der Waals surface area (Å²) in [5.74, 6) is 4.15. The molecule has 186 valence electrons. The first-order valence-electron chi connectivity index (χ1n) is 12.4. The van der Waals surface area contributed by atoms with Crippen molar-refractivity contribution in [3.05, 3.63) is 102 Å². The zero-order valence-corrected chi connectivity index (χ0v) is 21.4. The van der Waals surface area contributed by atoms with Crippen molar-refractivity contribution in [2.24, 2.45) is 0 Å². The Labute approximate surface area is 225 Å². The zero-order chi connectivity index (χ0) is 25.7. The van der Waals surface area contributed by atoms with Gasteiger partial charge in [0.05, 0.1) is 23.5 Å². The first-order chi connectivity index (χ1) is 18.7. The molecule has 0 atom stereocenters. The Morgan fingerprint density at radius 1 is 0.974 bits per heavy atom. The molecule has 0 saturated carbocycles. The molecule has 0 fully saturated rings. The lowest BCUT2D eigenvalue weighted by Crippen LogP contribution is -2.11. The molecule has 3 aromatic carbocycles. The molecule has 3 N–H and O–H groups in total. The van der Waals surface area contributed by atoms with Crippen LogP contribution in [-0.2, 0) is 0 Å². The second-order valence-corrected chi connectivity index (χ2v) is 9.83. The fourth-order valence-electron chi connectivity index (χ4n) is 4.38. The van der Waals surface area contributed by atoms with Gasteiger partial charge in [0.2, 0.25) is 0 Å². The number of rotatable bonds is 8. The number of fused-ring (bicyclic) bond motifs is 2. The quantitative estimate of drug-likeness (QED) is 0.146. The number of hydrogen-bond acceptors (Lipinski definition) is 7. The van der Waals surface area contributed by atoms with Crippen LogP contribution in [0.3, 0.4) is 0 Å². The molecule has 0 unspecified atom stereocenters. The van der Waals surface area contributed by atoms with Gasteiger partial charge in [0.1, 0.15) is 17.9 Å². The SMILES string of the molecule is C#Cc1cccc(Nc2ncnc3ccc(OCCCC4=CNc5ccc(-c6cccs6)cc5N4)cc23)c1. The largest absolute Gasteiger partial charge is 0.494 e. The first-order valence-corrected chi connectivity index (χ1v) is 13.2. The number of benzene rings is 3. The van der Waals surface area contributed by atoms with Crippen LogP contribution in [0.4, 0.5) is 22.9 Å². The summed E-state index contributed by atoms with van der Waals surface area (Å²) in [7, 11) is 0. The highest BCUT2D eigenvalue weighted by atomic mass is 32.1. The summed E-state index contributed by atoms with van der Waals surface area (Å²) in [6.45, 7) is 0.591. The monoisotopic (exact) mass is 515 g/mol. The average Bonchev–Trinajstić information content (AvgIpc) is 3.51. The van der Waals surface area contributed by atoms with Crippen molar-refractivity contribution in [1.29, 1.82) is 0 Å². The summed E-state index contributed by atoms with van der Waals surface area (Å²) in [4.78, 5) is 10.1. The Balaban J connectivity index is 1.08. The maximum atomic E-state index is 6.10. The number of aromatic nitrogens is 2. The van der Waals surface area contributed by atoms with E-state index in [1.165, 1.54) is 10.4 Å². The third-order valence-electron chi connectivity index (χ3n) is 6.28. The van der Waals surface area contributed by atoms with Crippen LogP contribution >= 0.6 is 11.3 Å². The number of allylic oxidation sites excluding steroid dienone is 1. The fraction of sp³-hybridized carbons (Fsp3) is 0.0968. The van der Waals surface area contributed by atoms with Crippen LogP contribution in [0.5, 0.6) is 5.75 Å². The highest BCUT2D eigenvalue weighted by Crippen LogP contribution is 2.34. The van der Waals surface area contributed by atoms with Crippen molar-refractivity contribution >= 4 is 45.1 Å². The lowest BCUT2D eigenvalue weighted by atomic mass is 10.1. The van der Waals surface area contributed by atoms with Crippen LogP contribution in [0.2, 0.25) is 0 Å². The van der Waals surface area contributed by atoms with Crippen LogP contribution < -0.4 is 20.7 Å². The second kappa shape index (κ2) is 10.7. The lowest BCUT2D eigenvalue weighted by molar-refractivity contribution is 0.311. The average molecular weight is 516 g/mol. The molecule has 0 radical (unpaired) electrons. The van der Waals surface area contributed by atoms with Crippen LogP contribution in [0.15, 0.2) is 96.4 Å². The number of hydrogen-bond donors (Lipinski definition) is 3. The van der Waals surface area contributed by atoms with Crippen molar-refractivity contribution in [2.45, 2.75) is 12.8 Å². The minimum Gasteiger partial charge on any atom is -0.494 e. The summed E-state index contributed by atoms with van der Waals surface area (Å²) < 4.78 is 6.10. The van der Waals surface area contributed by atoms with Gasteiger partial charge in [0, 0.05) is 33.4 Å². The van der Waals surface area contributed by atoms with Gasteiger partial charge in [-0.2, -0.15) is 0 Å². The third kappa shape index (κ3) is 5.17. The molecule has 6 nitrogen and oxygen atoms in total. The van der Waals surface area contributed by atoms with Crippen molar-refractivity contribution in [3.63, 3.8) is 0 Å². The molecule has 2 aromatic heterocycles. The normalized spacial score (nSPS) is 12.0.